The fourth-order valence-electron chi connectivity index (χ4n) is 3.44. The van der Waals surface area contributed by atoms with Crippen LogP contribution in [0.3, 0.4) is 0 Å². The molecule has 0 atom stereocenters. The van der Waals surface area contributed by atoms with E-state index in [4.69, 9.17) is 14.2 Å². The van der Waals surface area contributed by atoms with E-state index in [0.717, 1.165) is 21.7 Å². The summed E-state index contributed by atoms with van der Waals surface area (Å²) in [6.45, 7) is 2.42. The number of hydrogen-bond acceptors (Lipinski definition) is 6. The number of nitrogens with one attached hydrogen (secondary N) is 1. The van der Waals surface area contributed by atoms with Gasteiger partial charge in [0, 0.05) is 10.9 Å². The molecule has 34 heavy (non-hydrogen) atoms. The first kappa shape index (κ1) is 23.3. The summed E-state index contributed by atoms with van der Waals surface area (Å²) in [4.78, 5) is 17.4. The molecule has 3 aromatic carbocycles. The SMILES string of the molecule is COc1ccc(-c2nc(CC(=O)Nc3ccc(C)cc3OCc3ccccc3)cs2)cc1OC. The lowest BCUT2D eigenvalue weighted by Crippen LogP contribution is -2.15. The van der Waals surface area contributed by atoms with Crippen molar-refractivity contribution in [2.24, 2.45) is 0 Å². The lowest BCUT2D eigenvalue weighted by Gasteiger charge is -2.13. The largest absolute Gasteiger partial charge is 0.493 e. The van der Waals surface area contributed by atoms with Crippen molar-refractivity contribution in [3.8, 4) is 27.8 Å². The number of anilines is 1. The van der Waals surface area contributed by atoms with E-state index in [9.17, 15) is 4.79 Å². The molecule has 7 heteroatoms. The van der Waals surface area contributed by atoms with Crippen LogP contribution in [0.4, 0.5) is 5.69 Å². The van der Waals surface area contributed by atoms with Crippen LogP contribution in [0.5, 0.6) is 17.2 Å². The first-order valence-corrected chi connectivity index (χ1v) is 11.7. The lowest BCUT2D eigenvalue weighted by atomic mass is 10.2. The predicted octanol–water partition coefficient (Wildman–Crippen LogP) is 5.90. The van der Waals surface area contributed by atoms with E-state index in [-0.39, 0.29) is 12.3 Å². The summed E-state index contributed by atoms with van der Waals surface area (Å²) >= 11 is 1.48. The molecule has 6 nitrogen and oxygen atoms in total. The number of nitrogens with zero attached hydrogens (tertiary/aromatic N) is 1. The molecule has 0 saturated heterocycles. The zero-order valence-electron chi connectivity index (χ0n) is 19.3. The molecule has 1 aromatic heterocycles. The van der Waals surface area contributed by atoms with Gasteiger partial charge in [-0.3, -0.25) is 4.79 Å². The molecule has 0 bridgehead atoms. The Morgan fingerprint density at radius 3 is 2.50 bits per heavy atom. The summed E-state index contributed by atoms with van der Waals surface area (Å²) in [6.07, 6.45) is 0.162. The molecule has 1 amide bonds. The maximum atomic E-state index is 12.8. The summed E-state index contributed by atoms with van der Waals surface area (Å²) in [7, 11) is 3.20. The van der Waals surface area contributed by atoms with Crippen molar-refractivity contribution in [2.45, 2.75) is 20.0 Å². The molecule has 1 heterocycles. The van der Waals surface area contributed by atoms with Crippen molar-refractivity contribution in [3.05, 3.63) is 88.9 Å². The van der Waals surface area contributed by atoms with Crippen LogP contribution in [-0.4, -0.2) is 25.1 Å². The van der Waals surface area contributed by atoms with E-state index in [0.29, 0.717) is 35.2 Å². The first-order valence-electron chi connectivity index (χ1n) is 10.8. The first-order chi connectivity index (χ1) is 16.6. The van der Waals surface area contributed by atoms with Crippen molar-refractivity contribution in [3.63, 3.8) is 0 Å². The Morgan fingerprint density at radius 1 is 0.941 bits per heavy atom. The van der Waals surface area contributed by atoms with Crippen LogP contribution in [-0.2, 0) is 17.8 Å². The van der Waals surface area contributed by atoms with Crippen molar-refractivity contribution in [2.75, 3.05) is 19.5 Å². The second kappa shape index (κ2) is 10.9. The second-order valence-corrected chi connectivity index (χ2v) is 8.57. The number of carbonyl (C=O) groups is 1. The Morgan fingerprint density at radius 2 is 1.74 bits per heavy atom. The number of amides is 1. The van der Waals surface area contributed by atoms with Gasteiger partial charge in [-0.2, -0.15) is 0 Å². The molecule has 4 aromatic rings. The van der Waals surface area contributed by atoms with Crippen LogP contribution >= 0.6 is 11.3 Å². The Bertz CT molecular complexity index is 1270. The Hall–Kier alpha value is -3.84. The molecule has 174 valence electrons. The minimum atomic E-state index is -0.155. The number of thiazole rings is 1. The maximum Gasteiger partial charge on any atom is 0.230 e. The van der Waals surface area contributed by atoms with Gasteiger partial charge < -0.3 is 19.5 Å². The smallest absolute Gasteiger partial charge is 0.230 e. The van der Waals surface area contributed by atoms with Gasteiger partial charge in [0.05, 0.1) is 32.0 Å². The molecule has 0 aliphatic rings. The molecule has 0 saturated carbocycles. The Kier molecular flexibility index (Phi) is 7.44. The highest BCUT2D eigenvalue weighted by Crippen LogP contribution is 2.34. The van der Waals surface area contributed by atoms with Gasteiger partial charge in [0.2, 0.25) is 5.91 Å². The van der Waals surface area contributed by atoms with Gasteiger partial charge >= 0.3 is 0 Å². The molecule has 0 fully saturated rings. The normalized spacial score (nSPS) is 10.6. The number of benzene rings is 3. The zero-order valence-corrected chi connectivity index (χ0v) is 20.1. The molecule has 4 rings (SSSR count). The molecule has 0 spiro atoms. The van der Waals surface area contributed by atoms with Crippen LogP contribution in [0, 0.1) is 6.92 Å². The number of ether oxygens (including phenoxy) is 3. The number of methoxy groups -OCH3 is 2. The maximum absolute atomic E-state index is 12.8. The van der Waals surface area contributed by atoms with Gasteiger partial charge in [-0.05, 0) is 48.4 Å². The average Bonchev–Trinajstić information content (AvgIpc) is 3.32. The van der Waals surface area contributed by atoms with Gasteiger partial charge in [0.1, 0.15) is 17.4 Å². The highest BCUT2D eigenvalue weighted by molar-refractivity contribution is 7.13. The Labute approximate surface area is 203 Å². The molecule has 0 radical (unpaired) electrons. The van der Waals surface area contributed by atoms with Gasteiger partial charge in [-0.1, -0.05) is 36.4 Å². The summed E-state index contributed by atoms with van der Waals surface area (Å²) in [5.74, 6) is 1.78. The number of carbonyl (C=O) groups excluding carboxylic acids is 1. The summed E-state index contributed by atoms with van der Waals surface area (Å²) < 4.78 is 16.7. The fourth-order valence-corrected chi connectivity index (χ4v) is 4.25. The summed E-state index contributed by atoms with van der Waals surface area (Å²) in [5, 5.41) is 5.68. The van der Waals surface area contributed by atoms with Crippen molar-refractivity contribution in [1.82, 2.24) is 4.98 Å². The zero-order chi connectivity index (χ0) is 23.9. The van der Waals surface area contributed by atoms with Crippen LogP contribution in [0.15, 0.2) is 72.1 Å². The standard InChI is InChI=1S/C27H26N2O4S/c1-18-9-11-22(24(13-18)33-16-19-7-5-4-6-8-19)29-26(30)15-21-17-34-27(28-21)20-10-12-23(31-2)25(14-20)32-3/h4-14,17H,15-16H2,1-3H3,(H,29,30). The third kappa shape index (κ3) is 5.74. The number of rotatable bonds is 9. The van der Waals surface area contributed by atoms with E-state index >= 15 is 0 Å². The quantitative estimate of drug-likeness (QED) is 0.327. The van der Waals surface area contributed by atoms with Crippen LogP contribution in [0.1, 0.15) is 16.8 Å². The van der Waals surface area contributed by atoms with E-state index in [2.05, 4.69) is 10.3 Å². The van der Waals surface area contributed by atoms with Crippen molar-refractivity contribution < 1.29 is 19.0 Å². The fraction of sp³-hybridized carbons (Fsp3) is 0.185. The summed E-state index contributed by atoms with van der Waals surface area (Å²) in [5.41, 5.74) is 4.36. The van der Waals surface area contributed by atoms with E-state index in [1.807, 2.05) is 79.0 Å². The number of aryl methyl sites for hydroxylation is 1. The molecule has 0 aliphatic heterocycles. The topological polar surface area (TPSA) is 69.7 Å². The van der Waals surface area contributed by atoms with Crippen molar-refractivity contribution in [1.29, 1.82) is 0 Å². The predicted molar refractivity (Wildman–Crippen MR) is 135 cm³/mol. The van der Waals surface area contributed by atoms with Crippen LogP contribution in [0.25, 0.3) is 10.6 Å². The monoisotopic (exact) mass is 474 g/mol. The summed E-state index contributed by atoms with van der Waals surface area (Å²) in [6, 6.07) is 21.3. The molecular formula is C27H26N2O4S. The van der Waals surface area contributed by atoms with Gasteiger partial charge in [0.15, 0.2) is 11.5 Å². The third-order valence-electron chi connectivity index (χ3n) is 5.17. The lowest BCUT2D eigenvalue weighted by molar-refractivity contribution is -0.115. The van der Waals surface area contributed by atoms with Crippen LogP contribution < -0.4 is 19.5 Å². The van der Waals surface area contributed by atoms with E-state index < -0.39 is 0 Å². The van der Waals surface area contributed by atoms with Crippen molar-refractivity contribution >= 4 is 22.9 Å². The van der Waals surface area contributed by atoms with Gasteiger partial charge in [-0.15, -0.1) is 11.3 Å². The highest BCUT2D eigenvalue weighted by Gasteiger charge is 2.14. The molecule has 0 aliphatic carbocycles. The van der Waals surface area contributed by atoms with Crippen LogP contribution in [0.2, 0.25) is 0 Å². The Balaban J connectivity index is 1.43. The highest BCUT2D eigenvalue weighted by atomic mass is 32.1. The van der Waals surface area contributed by atoms with Gasteiger partial charge in [-0.25, -0.2) is 4.98 Å². The number of aromatic nitrogens is 1. The number of hydrogen-bond donors (Lipinski definition) is 1. The molecule has 0 unspecified atom stereocenters. The average molecular weight is 475 g/mol. The minimum absolute atomic E-state index is 0.155. The molecular weight excluding hydrogens is 448 g/mol. The minimum Gasteiger partial charge on any atom is -0.493 e. The van der Waals surface area contributed by atoms with Gasteiger partial charge in [0.25, 0.3) is 0 Å². The molecule has 1 N–H and O–H groups in total. The van der Waals surface area contributed by atoms with E-state index in [1.165, 1.54) is 11.3 Å². The second-order valence-electron chi connectivity index (χ2n) is 7.71. The third-order valence-corrected chi connectivity index (χ3v) is 6.11. The van der Waals surface area contributed by atoms with E-state index in [1.54, 1.807) is 14.2 Å².